The van der Waals surface area contributed by atoms with E-state index < -0.39 is 10.0 Å². The van der Waals surface area contributed by atoms with E-state index in [1.807, 2.05) is 0 Å². The summed E-state index contributed by atoms with van der Waals surface area (Å²) < 4.78 is 22.1. The molecule has 1 aromatic rings. The molecule has 0 radical (unpaired) electrons. The van der Waals surface area contributed by atoms with Gasteiger partial charge >= 0.3 is 0 Å². The first kappa shape index (κ1) is 13.8. The average molecular weight is 284 g/mol. The molecule has 1 fully saturated rings. The van der Waals surface area contributed by atoms with Crippen LogP contribution in [0.25, 0.3) is 0 Å². The quantitative estimate of drug-likeness (QED) is 0.835. The Morgan fingerprint density at radius 3 is 2.79 bits per heavy atom. The summed E-state index contributed by atoms with van der Waals surface area (Å²) in [6.07, 6.45) is 0.129. The van der Waals surface area contributed by atoms with Crippen LogP contribution in [0, 0.1) is 12.8 Å². The van der Waals surface area contributed by atoms with Crippen molar-refractivity contribution in [1.29, 1.82) is 0 Å². The Balaban J connectivity index is 2.23. The molecule has 0 aliphatic carbocycles. The Morgan fingerprint density at radius 2 is 2.16 bits per heavy atom. The maximum absolute atomic E-state index is 11.9. The largest absolute Gasteiger partial charge is 0.505 e. The van der Waals surface area contributed by atoms with Gasteiger partial charge in [0.05, 0.1) is 11.4 Å². The van der Waals surface area contributed by atoms with Gasteiger partial charge in [-0.2, -0.15) is 0 Å². The minimum atomic E-state index is -3.60. The standard InChI is InChI=1S/C12H16N2O4S/c1-8-3-2-4-10(12(8)16)14-6-9(5-11(14)15)7-19(13,17)18/h2-4,9,16H,5-7H2,1H3,(H2,13,17,18). The molecule has 6 nitrogen and oxygen atoms in total. The van der Waals surface area contributed by atoms with E-state index >= 15 is 0 Å². The zero-order chi connectivity index (χ0) is 14.2. The van der Waals surface area contributed by atoms with Gasteiger partial charge in [-0.1, -0.05) is 12.1 Å². The van der Waals surface area contributed by atoms with Crippen molar-refractivity contribution in [3.05, 3.63) is 23.8 Å². The number of amides is 1. The van der Waals surface area contributed by atoms with E-state index in [4.69, 9.17) is 5.14 Å². The van der Waals surface area contributed by atoms with Crippen molar-refractivity contribution in [2.75, 3.05) is 17.2 Å². The summed E-state index contributed by atoms with van der Waals surface area (Å²) in [6, 6.07) is 5.12. The first-order valence-electron chi connectivity index (χ1n) is 5.87. The molecule has 19 heavy (non-hydrogen) atoms. The molecule has 0 saturated carbocycles. The number of primary sulfonamides is 1. The summed E-state index contributed by atoms with van der Waals surface area (Å²) in [5.41, 5.74) is 1.09. The molecule has 2 rings (SSSR count). The highest BCUT2D eigenvalue weighted by atomic mass is 32.2. The highest BCUT2D eigenvalue weighted by Gasteiger charge is 2.34. The highest BCUT2D eigenvalue weighted by Crippen LogP contribution is 2.34. The van der Waals surface area contributed by atoms with Gasteiger partial charge in [-0.05, 0) is 18.6 Å². The monoisotopic (exact) mass is 284 g/mol. The third-order valence-electron chi connectivity index (χ3n) is 3.18. The van der Waals surface area contributed by atoms with Crippen LogP contribution in [0.2, 0.25) is 0 Å². The van der Waals surface area contributed by atoms with Crippen LogP contribution in [0.5, 0.6) is 5.75 Å². The lowest BCUT2D eigenvalue weighted by Gasteiger charge is -2.18. The smallest absolute Gasteiger partial charge is 0.227 e. The SMILES string of the molecule is Cc1cccc(N2CC(CS(N)(=O)=O)CC2=O)c1O. The van der Waals surface area contributed by atoms with Gasteiger partial charge in [-0.3, -0.25) is 4.79 Å². The molecule has 0 spiro atoms. The molecule has 1 aliphatic rings. The summed E-state index contributed by atoms with van der Waals surface area (Å²) in [5, 5.41) is 14.9. The van der Waals surface area contributed by atoms with Gasteiger partial charge < -0.3 is 10.0 Å². The van der Waals surface area contributed by atoms with Crippen LogP contribution in [0.15, 0.2) is 18.2 Å². The number of aromatic hydroxyl groups is 1. The molecule has 1 amide bonds. The Hall–Kier alpha value is -1.60. The van der Waals surface area contributed by atoms with Crippen molar-refractivity contribution >= 4 is 21.6 Å². The second-order valence-electron chi connectivity index (χ2n) is 4.85. The van der Waals surface area contributed by atoms with E-state index in [1.54, 1.807) is 25.1 Å². The lowest BCUT2D eigenvalue weighted by molar-refractivity contribution is -0.117. The molecule has 3 N–H and O–H groups in total. The lowest BCUT2D eigenvalue weighted by atomic mass is 10.1. The van der Waals surface area contributed by atoms with Crippen molar-refractivity contribution in [2.45, 2.75) is 13.3 Å². The number of para-hydroxylation sites is 1. The number of anilines is 1. The second-order valence-corrected chi connectivity index (χ2v) is 6.51. The Bertz CT molecular complexity index is 612. The maximum atomic E-state index is 11.9. The molecule has 1 aliphatic heterocycles. The topological polar surface area (TPSA) is 101 Å². The molecule has 1 atom stereocenters. The molecule has 7 heteroatoms. The van der Waals surface area contributed by atoms with Gasteiger partial charge in [-0.15, -0.1) is 0 Å². The van der Waals surface area contributed by atoms with E-state index in [2.05, 4.69) is 0 Å². The Kier molecular flexibility index (Phi) is 3.51. The van der Waals surface area contributed by atoms with Crippen molar-refractivity contribution in [3.8, 4) is 5.75 Å². The molecular formula is C12H16N2O4S. The van der Waals surface area contributed by atoms with Crippen molar-refractivity contribution in [1.82, 2.24) is 0 Å². The number of hydrogen-bond acceptors (Lipinski definition) is 4. The van der Waals surface area contributed by atoms with E-state index in [9.17, 15) is 18.3 Å². The fourth-order valence-electron chi connectivity index (χ4n) is 2.32. The van der Waals surface area contributed by atoms with E-state index in [-0.39, 0.29) is 36.3 Å². The first-order chi connectivity index (χ1) is 8.78. The number of nitrogens with zero attached hydrogens (tertiary/aromatic N) is 1. The molecule has 0 bridgehead atoms. The van der Waals surface area contributed by atoms with Crippen LogP contribution in [0.4, 0.5) is 5.69 Å². The van der Waals surface area contributed by atoms with E-state index in [0.717, 1.165) is 0 Å². The molecule has 1 heterocycles. The summed E-state index contributed by atoms with van der Waals surface area (Å²) >= 11 is 0. The number of rotatable bonds is 3. The number of benzene rings is 1. The van der Waals surface area contributed by atoms with Crippen LogP contribution in [-0.2, 0) is 14.8 Å². The first-order valence-corrected chi connectivity index (χ1v) is 7.59. The lowest BCUT2D eigenvalue weighted by Crippen LogP contribution is -2.27. The van der Waals surface area contributed by atoms with E-state index in [0.29, 0.717) is 11.3 Å². The zero-order valence-corrected chi connectivity index (χ0v) is 11.4. The maximum Gasteiger partial charge on any atom is 0.227 e. The number of nitrogens with two attached hydrogens (primary N) is 1. The van der Waals surface area contributed by atoms with Crippen molar-refractivity contribution < 1.29 is 18.3 Å². The van der Waals surface area contributed by atoms with Crippen LogP contribution in [-0.4, -0.2) is 31.7 Å². The van der Waals surface area contributed by atoms with Gasteiger partial charge in [0.2, 0.25) is 15.9 Å². The molecule has 1 saturated heterocycles. The van der Waals surface area contributed by atoms with Crippen LogP contribution < -0.4 is 10.0 Å². The zero-order valence-electron chi connectivity index (χ0n) is 10.5. The number of sulfonamides is 1. The summed E-state index contributed by atoms with van der Waals surface area (Å²) in [7, 11) is -3.60. The predicted molar refractivity (Wildman–Crippen MR) is 71.3 cm³/mol. The summed E-state index contributed by atoms with van der Waals surface area (Å²) in [6.45, 7) is 1.99. The Labute approximate surface area is 111 Å². The van der Waals surface area contributed by atoms with Crippen molar-refractivity contribution in [2.24, 2.45) is 11.1 Å². The number of carbonyl (C=O) groups is 1. The van der Waals surface area contributed by atoms with Gasteiger partial charge in [0.25, 0.3) is 0 Å². The summed E-state index contributed by atoms with van der Waals surface area (Å²) in [4.78, 5) is 13.3. The van der Waals surface area contributed by atoms with Gasteiger partial charge in [-0.25, -0.2) is 13.6 Å². The fraction of sp³-hybridized carbons (Fsp3) is 0.417. The van der Waals surface area contributed by atoms with Crippen LogP contribution in [0.1, 0.15) is 12.0 Å². The molecule has 0 aromatic heterocycles. The van der Waals surface area contributed by atoms with Gasteiger partial charge in [0, 0.05) is 18.9 Å². The fourth-order valence-corrected chi connectivity index (χ4v) is 3.20. The number of hydrogen-bond donors (Lipinski definition) is 2. The number of carbonyl (C=O) groups excluding carboxylic acids is 1. The Morgan fingerprint density at radius 1 is 1.47 bits per heavy atom. The third kappa shape index (κ3) is 3.05. The number of phenols is 1. The number of aryl methyl sites for hydroxylation is 1. The molecular weight excluding hydrogens is 268 g/mol. The minimum absolute atomic E-state index is 0.0482. The molecule has 1 unspecified atom stereocenters. The third-order valence-corrected chi connectivity index (χ3v) is 4.12. The van der Waals surface area contributed by atoms with Crippen LogP contribution >= 0.6 is 0 Å². The summed E-state index contributed by atoms with van der Waals surface area (Å²) in [5.74, 6) is -0.703. The van der Waals surface area contributed by atoms with Gasteiger partial charge in [0.1, 0.15) is 5.75 Å². The highest BCUT2D eigenvalue weighted by molar-refractivity contribution is 7.89. The minimum Gasteiger partial charge on any atom is -0.505 e. The second kappa shape index (κ2) is 4.82. The van der Waals surface area contributed by atoms with Crippen molar-refractivity contribution in [3.63, 3.8) is 0 Å². The number of phenolic OH excluding ortho intramolecular Hbond substituents is 1. The van der Waals surface area contributed by atoms with Gasteiger partial charge in [0.15, 0.2) is 0 Å². The molecule has 104 valence electrons. The van der Waals surface area contributed by atoms with Crippen LogP contribution in [0.3, 0.4) is 0 Å². The van der Waals surface area contributed by atoms with E-state index in [1.165, 1.54) is 4.90 Å². The average Bonchev–Trinajstić information content (AvgIpc) is 2.61. The molecule has 1 aromatic carbocycles. The normalized spacial score (nSPS) is 20.0. The predicted octanol–water partition coefficient (Wildman–Crippen LogP) is 0.342.